The zero-order valence-corrected chi connectivity index (χ0v) is 15.0. The van der Waals surface area contributed by atoms with Gasteiger partial charge < -0.3 is 16.0 Å². The summed E-state index contributed by atoms with van der Waals surface area (Å²) in [4.78, 5) is 20.4. The summed E-state index contributed by atoms with van der Waals surface area (Å²) in [7, 11) is 1.51. The SMILES string of the molecule is CCCCCNc1ncc(Cl)c(Nc2cc(F)ccc2C(=O)NC)n1. The highest BCUT2D eigenvalue weighted by Gasteiger charge is 2.14. The Kier molecular flexibility index (Phi) is 6.94. The number of rotatable bonds is 8. The maximum Gasteiger partial charge on any atom is 0.253 e. The van der Waals surface area contributed by atoms with Crippen LogP contribution in [-0.4, -0.2) is 29.5 Å². The van der Waals surface area contributed by atoms with Gasteiger partial charge in [-0.3, -0.25) is 4.79 Å². The lowest BCUT2D eigenvalue weighted by molar-refractivity contribution is 0.0964. The summed E-state index contributed by atoms with van der Waals surface area (Å²) >= 11 is 6.13. The molecule has 134 valence electrons. The van der Waals surface area contributed by atoms with Crippen LogP contribution in [0.15, 0.2) is 24.4 Å². The average Bonchev–Trinajstić information content (AvgIpc) is 2.61. The third-order valence-electron chi connectivity index (χ3n) is 3.51. The number of hydrogen-bond donors (Lipinski definition) is 3. The minimum absolute atomic E-state index is 0.270. The molecule has 3 N–H and O–H groups in total. The molecule has 0 spiro atoms. The Morgan fingerprint density at radius 2 is 2.12 bits per heavy atom. The second-order valence-electron chi connectivity index (χ2n) is 5.42. The van der Waals surface area contributed by atoms with E-state index in [4.69, 9.17) is 11.6 Å². The molecule has 0 unspecified atom stereocenters. The highest BCUT2D eigenvalue weighted by Crippen LogP contribution is 2.26. The lowest BCUT2D eigenvalue weighted by Crippen LogP contribution is -2.19. The van der Waals surface area contributed by atoms with E-state index < -0.39 is 5.82 Å². The molecule has 0 atom stereocenters. The molecule has 2 aromatic rings. The van der Waals surface area contributed by atoms with E-state index in [1.54, 1.807) is 0 Å². The summed E-state index contributed by atoms with van der Waals surface area (Å²) in [6, 6.07) is 3.84. The first kappa shape index (κ1) is 18.9. The van der Waals surface area contributed by atoms with Crippen molar-refractivity contribution in [1.29, 1.82) is 0 Å². The Morgan fingerprint density at radius 1 is 1.32 bits per heavy atom. The number of carbonyl (C=O) groups excluding carboxylic acids is 1. The normalized spacial score (nSPS) is 10.4. The number of anilines is 3. The number of nitrogens with one attached hydrogen (secondary N) is 3. The summed E-state index contributed by atoms with van der Waals surface area (Å²) < 4.78 is 13.6. The summed E-state index contributed by atoms with van der Waals surface area (Å²) in [5.41, 5.74) is 0.563. The predicted molar refractivity (Wildman–Crippen MR) is 98.1 cm³/mol. The van der Waals surface area contributed by atoms with E-state index in [1.165, 1.54) is 31.4 Å². The van der Waals surface area contributed by atoms with Crippen molar-refractivity contribution in [2.75, 3.05) is 24.2 Å². The first-order valence-electron chi connectivity index (χ1n) is 8.10. The Labute approximate surface area is 151 Å². The van der Waals surface area contributed by atoms with Crippen molar-refractivity contribution in [2.24, 2.45) is 0 Å². The van der Waals surface area contributed by atoms with Crippen LogP contribution in [0.3, 0.4) is 0 Å². The Balaban J connectivity index is 2.22. The van der Waals surface area contributed by atoms with Crippen molar-refractivity contribution in [3.05, 3.63) is 40.8 Å². The van der Waals surface area contributed by atoms with E-state index in [0.717, 1.165) is 25.8 Å². The summed E-state index contributed by atoms with van der Waals surface area (Å²) in [6.45, 7) is 2.88. The summed E-state index contributed by atoms with van der Waals surface area (Å²) in [5.74, 6) is -0.102. The van der Waals surface area contributed by atoms with E-state index in [-0.39, 0.29) is 22.2 Å². The first-order valence-corrected chi connectivity index (χ1v) is 8.48. The molecule has 0 aliphatic heterocycles. The second kappa shape index (κ2) is 9.17. The second-order valence-corrected chi connectivity index (χ2v) is 5.83. The average molecular weight is 366 g/mol. The number of halogens is 2. The van der Waals surface area contributed by atoms with Crippen molar-refractivity contribution >= 4 is 35.0 Å². The standard InChI is InChI=1S/C17H21ClFN5O/c1-3-4-5-8-21-17-22-10-13(18)15(24-17)23-14-9-11(19)6-7-12(14)16(25)20-2/h6-7,9-10H,3-5,8H2,1-2H3,(H,20,25)(H2,21,22,23,24). The van der Waals surface area contributed by atoms with Gasteiger partial charge in [-0.25, -0.2) is 9.37 Å². The fourth-order valence-electron chi connectivity index (χ4n) is 2.20. The molecule has 0 aliphatic carbocycles. The molecule has 0 saturated heterocycles. The van der Waals surface area contributed by atoms with Crippen molar-refractivity contribution in [1.82, 2.24) is 15.3 Å². The number of benzene rings is 1. The third-order valence-corrected chi connectivity index (χ3v) is 3.79. The lowest BCUT2D eigenvalue weighted by atomic mass is 10.1. The molecule has 25 heavy (non-hydrogen) atoms. The Bertz CT molecular complexity index is 741. The van der Waals surface area contributed by atoms with Crippen LogP contribution in [0.25, 0.3) is 0 Å². The van der Waals surface area contributed by atoms with Crippen molar-refractivity contribution in [2.45, 2.75) is 26.2 Å². The molecular weight excluding hydrogens is 345 g/mol. The molecule has 6 nitrogen and oxygen atoms in total. The van der Waals surface area contributed by atoms with Gasteiger partial charge in [-0.05, 0) is 24.6 Å². The highest BCUT2D eigenvalue weighted by molar-refractivity contribution is 6.33. The van der Waals surface area contributed by atoms with Crippen molar-refractivity contribution in [3.8, 4) is 0 Å². The van der Waals surface area contributed by atoms with Gasteiger partial charge in [0.2, 0.25) is 5.95 Å². The van der Waals surface area contributed by atoms with Crippen LogP contribution in [0, 0.1) is 5.82 Å². The molecule has 0 aliphatic rings. The smallest absolute Gasteiger partial charge is 0.253 e. The number of carbonyl (C=O) groups is 1. The Morgan fingerprint density at radius 3 is 2.84 bits per heavy atom. The Hall–Kier alpha value is -2.41. The van der Waals surface area contributed by atoms with Crippen LogP contribution < -0.4 is 16.0 Å². The molecule has 0 radical (unpaired) electrons. The monoisotopic (exact) mass is 365 g/mol. The zero-order chi connectivity index (χ0) is 18.2. The molecule has 0 saturated carbocycles. The van der Waals surface area contributed by atoms with Gasteiger partial charge in [-0.15, -0.1) is 0 Å². The summed E-state index contributed by atoms with van der Waals surface area (Å²) in [6.07, 6.45) is 4.70. The molecule has 1 amide bonds. The fraction of sp³-hybridized carbons (Fsp3) is 0.353. The van der Waals surface area contributed by atoms with Crippen LogP contribution in [-0.2, 0) is 0 Å². The minimum Gasteiger partial charge on any atom is -0.355 e. The maximum absolute atomic E-state index is 13.6. The predicted octanol–water partition coefficient (Wildman–Crippen LogP) is 3.97. The molecule has 1 aromatic carbocycles. The van der Waals surface area contributed by atoms with Gasteiger partial charge in [-0.2, -0.15) is 4.98 Å². The number of nitrogens with zero attached hydrogens (tertiary/aromatic N) is 2. The number of aromatic nitrogens is 2. The largest absolute Gasteiger partial charge is 0.355 e. The van der Waals surface area contributed by atoms with E-state index >= 15 is 0 Å². The molecule has 1 heterocycles. The molecule has 1 aromatic heterocycles. The van der Waals surface area contributed by atoms with Gasteiger partial charge in [0.25, 0.3) is 5.91 Å². The van der Waals surface area contributed by atoms with Crippen LogP contribution in [0.4, 0.5) is 21.8 Å². The summed E-state index contributed by atoms with van der Waals surface area (Å²) in [5, 5.41) is 8.82. The molecular formula is C17H21ClFN5O. The van der Waals surface area contributed by atoms with Crippen LogP contribution in [0.5, 0.6) is 0 Å². The van der Waals surface area contributed by atoms with E-state index in [9.17, 15) is 9.18 Å². The van der Waals surface area contributed by atoms with Crippen molar-refractivity contribution < 1.29 is 9.18 Å². The number of amides is 1. The van der Waals surface area contributed by atoms with E-state index in [1.807, 2.05) is 0 Å². The van der Waals surface area contributed by atoms with Gasteiger partial charge in [0.05, 0.1) is 17.4 Å². The molecule has 0 fully saturated rings. The quantitative estimate of drug-likeness (QED) is 0.617. The molecule has 8 heteroatoms. The first-order chi connectivity index (χ1) is 12.0. The third kappa shape index (κ3) is 5.29. The number of unbranched alkanes of at least 4 members (excludes halogenated alkanes) is 2. The molecule has 2 rings (SSSR count). The topological polar surface area (TPSA) is 78.9 Å². The van der Waals surface area contributed by atoms with Gasteiger partial charge in [0.15, 0.2) is 5.82 Å². The van der Waals surface area contributed by atoms with Crippen molar-refractivity contribution in [3.63, 3.8) is 0 Å². The van der Waals surface area contributed by atoms with Gasteiger partial charge in [0, 0.05) is 13.6 Å². The fourth-order valence-corrected chi connectivity index (χ4v) is 2.33. The van der Waals surface area contributed by atoms with Gasteiger partial charge in [-0.1, -0.05) is 31.4 Å². The van der Waals surface area contributed by atoms with Gasteiger partial charge >= 0.3 is 0 Å². The lowest BCUT2D eigenvalue weighted by Gasteiger charge is -2.13. The minimum atomic E-state index is -0.474. The van der Waals surface area contributed by atoms with Gasteiger partial charge in [0.1, 0.15) is 10.8 Å². The molecule has 0 bridgehead atoms. The van der Waals surface area contributed by atoms with Crippen LogP contribution in [0.1, 0.15) is 36.5 Å². The van der Waals surface area contributed by atoms with E-state index in [0.29, 0.717) is 11.8 Å². The van der Waals surface area contributed by atoms with Crippen LogP contribution in [0.2, 0.25) is 5.02 Å². The number of hydrogen-bond acceptors (Lipinski definition) is 5. The maximum atomic E-state index is 13.6. The highest BCUT2D eigenvalue weighted by atomic mass is 35.5. The zero-order valence-electron chi connectivity index (χ0n) is 14.2. The van der Waals surface area contributed by atoms with Crippen LogP contribution >= 0.6 is 11.6 Å². The van der Waals surface area contributed by atoms with E-state index in [2.05, 4.69) is 32.8 Å².